The lowest BCUT2D eigenvalue weighted by Gasteiger charge is -2.24. The van der Waals surface area contributed by atoms with Gasteiger partial charge in [0, 0.05) is 43.2 Å². The number of hydrogen-bond donors (Lipinski definition) is 0. The summed E-state index contributed by atoms with van der Waals surface area (Å²) in [4.78, 5) is 19.8. The Kier molecular flexibility index (Phi) is 6.53. The monoisotopic (exact) mass is 459 g/mol. The highest BCUT2D eigenvalue weighted by molar-refractivity contribution is 5.94. The number of nitrogens with zero attached hydrogens (tertiary/aromatic N) is 3. The van der Waals surface area contributed by atoms with E-state index in [4.69, 9.17) is 9.47 Å². The minimum Gasteiger partial charge on any atom is -0.489 e. The van der Waals surface area contributed by atoms with Crippen LogP contribution in [0.3, 0.4) is 0 Å². The molecule has 1 amide bonds. The van der Waals surface area contributed by atoms with E-state index in [0.717, 1.165) is 23.2 Å². The molecule has 6 nitrogen and oxygen atoms in total. The second-order valence-corrected chi connectivity index (χ2v) is 8.51. The summed E-state index contributed by atoms with van der Waals surface area (Å²) >= 11 is 0. The van der Waals surface area contributed by atoms with Gasteiger partial charge < -0.3 is 18.8 Å². The van der Waals surface area contributed by atoms with Crippen LogP contribution in [0, 0.1) is 11.7 Å². The molecule has 0 spiro atoms. The van der Waals surface area contributed by atoms with Crippen molar-refractivity contribution in [3.63, 3.8) is 0 Å². The highest BCUT2D eigenvalue weighted by Gasteiger charge is 2.25. The SMILES string of the molecule is O=C(c1cccc(OCc2ccc(F)cc2)c1)N1CCOC[C@@H](Cc2nccn3cccc23)C1. The lowest BCUT2D eigenvalue weighted by Crippen LogP contribution is -2.36. The summed E-state index contributed by atoms with van der Waals surface area (Å²) in [6.45, 7) is 2.54. The molecule has 2 aromatic carbocycles. The van der Waals surface area contributed by atoms with Gasteiger partial charge in [-0.15, -0.1) is 0 Å². The molecule has 0 saturated carbocycles. The molecule has 2 aromatic heterocycles. The second kappa shape index (κ2) is 10.1. The van der Waals surface area contributed by atoms with Crippen LogP contribution in [-0.4, -0.2) is 46.5 Å². The van der Waals surface area contributed by atoms with Crippen LogP contribution < -0.4 is 4.74 Å². The number of amides is 1. The van der Waals surface area contributed by atoms with Gasteiger partial charge in [0.1, 0.15) is 18.2 Å². The number of ether oxygens (including phenoxy) is 2. The number of rotatable bonds is 6. The molecule has 3 heterocycles. The number of benzene rings is 2. The zero-order chi connectivity index (χ0) is 23.3. The van der Waals surface area contributed by atoms with Crippen LogP contribution >= 0.6 is 0 Å². The smallest absolute Gasteiger partial charge is 0.254 e. The summed E-state index contributed by atoms with van der Waals surface area (Å²) in [5.41, 5.74) is 3.52. The third-order valence-electron chi connectivity index (χ3n) is 6.04. The van der Waals surface area contributed by atoms with E-state index in [1.165, 1.54) is 12.1 Å². The number of fused-ring (bicyclic) bond motifs is 1. The first-order valence-electron chi connectivity index (χ1n) is 11.4. The predicted molar refractivity (Wildman–Crippen MR) is 126 cm³/mol. The van der Waals surface area contributed by atoms with Gasteiger partial charge in [-0.05, 0) is 54.4 Å². The summed E-state index contributed by atoms with van der Waals surface area (Å²) in [7, 11) is 0. The Morgan fingerprint density at radius 1 is 1.12 bits per heavy atom. The molecule has 0 N–H and O–H groups in total. The molecule has 1 fully saturated rings. The summed E-state index contributed by atoms with van der Waals surface area (Å²) < 4.78 is 26.8. The van der Waals surface area contributed by atoms with Crippen molar-refractivity contribution < 1.29 is 18.7 Å². The maximum atomic E-state index is 13.3. The molecule has 1 atom stereocenters. The molecule has 1 aliphatic heterocycles. The van der Waals surface area contributed by atoms with Crippen LogP contribution in [0.5, 0.6) is 5.75 Å². The average Bonchev–Trinajstić information content (AvgIpc) is 3.23. The molecule has 4 aromatic rings. The van der Waals surface area contributed by atoms with E-state index in [1.807, 2.05) is 35.5 Å². The van der Waals surface area contributed by atoms with Crippen LogP contribution in [-0.2, 0) is 17.8 Å². The molecule has 34 heavy (non-hydrogen) atoms. The van der Waals surface area contributed by atoms with Gasteiger partial charge in [0.25, 0.3) is 5.91 Å². The molecule has 7 heteroatoms. The quantitative estimate of drug-likeness (QED) is 0.429. The summed E-state index contributed by atoms with van der Waals surface area (Å²) in [5, 5.41) is 0. The minimum atomic E-state index is -0.280. The summed E-state index contributed by atoms with van der Waals surface area (Å²) in [6.07, 6.45) is 6.48. The Bertz CT molecular complexity index is 1270. The molecular weight excluding hydrogens is 433 g/mol. The zero-order valence-electron chi connectivity index (χ0n) is 18.8. The molecule has 1 aliphatic rings. The number of hydrogen-bond acceptors (Lipinski definition) is 4. The van der Waals surface area contributed by atoms with Gasteiger partial charge in [-0.3, -0.25) is 9.78 Å². The van der Waals surface area contributed by atoms with Gasteiger partial charge in [-0.2, -0.15) is 0 Å². The first kappa shape index (κ1) is 22.1. The van der Waals surface area contributed by atoms with Gasteiger partial charge >= 0.3 is 0 Å². The van der Waals surface area contributed by atoms with Gasteiger partial charge in [-0.25, -0.2) is 4.39 Å². The average molecular weight is 460 g/mol. The van der Waals surface area contributed by atoms with Crippen LogP contribution in [0.15, 0.2) is 79.3 Å². The molecule has 1 saturated heterocycles. The van der Waals surface area contributed by atoms with Crippen molar-refractivity contribution in [3.8, 4) is 5.75 Å². The minimum absolute atomic E-state index is 0.0448. The first-order valence-corrected chi connectivity index (χ1v) is 11.4. The van der Waals surface area contributed by atoms with Crippen molar-refractivity contribution in [1.29, 1.82) is 0 Å². The fourth-order valence-electron chi connectivity index (χ4n) is 4.30. The number of aromatic nitrogens is 2. The van der Waals surface area contributed by atoms with Gasteiger partial charge in [0.2, 0.25) is 0 Å². The molecule has 0 aliphatic carbocycles. The highest BCUT2D eigenvalue weighted by atomic mass is 19.1. The molecule has 174 valence electrons. The van der Waals surface area contributed by atoms with Gasteiger partial charge in [0.15, 0.2) is 0 Å². The van der Waals surface area contributed by atoms with Crippen molar-refractivity contribution in [2.24, 2.45) is 5.92 Å². The van der Waals surface area contributed by atoms with E-state index >= 15 is 0 Å². The van der Waals surface area contributed by atoms with Crippen molar-refractivity contribution >= 4 is 11.4 Å². The molecular formula is C27H26FN3O3. The number of halogens is 1. The Morgan fingerprint density at radius 3 is 2.88 bits per heavy atom. The van der Waals surface area contributed by atoms with E-state index in [1.54, 1.807) is 30.5 Å². The fourth-order valence-corrected chi connectivity index (χ4v) is 4.30. The molecule has 0 bridgehead atoms. The van der Waals surface area contributed by atoms with Gasteiger partial charge in [0.05, 0.1) is 24.4 Å². The fraction of sp³-hybridized carbons (Fsp3) is 0.259. The van der Waals surface area contributed by atoms with Crippen LogP contribution in [0.4, 0.5) is 4.39 Å². The normalized spacial score (nSPS) is 16.4. The lowest BCUT2D eigenvalue weighted by atomic mass is 10.0. The van der Waals surface area contributed by atoms with Crippen molar-refractivity contribution in [2.75, 3.05) is 26.3 Å². The van der Waals surface area contributed by atoms with Crippen molar-refractivity contribution in [3.05, 3.63) is 102 Å². The predicted octanol–water partition coefficient (Wildman–Crippen LogP) is 4.38. The summed E-state index contributed by atoms with van der Waals surface area (Å²) in [5.74, 6) is 0.425. The van der Waals surface area contributed by atoms with E-state index in [9.17, 15) is 9.18 Å². The topological polar surface area (TPSA) is 56.1 Å². The third-order valence-corrected chi connectivity index (χ3v) is 6.04. The second-order valence-electron chi connectivity index (χ2n) is 8.51. The van der Waals surface area contributed by atoms with E-state index in [0.29, 0.717) is 44.2 Å². The Labute approximate surface area is 197 Å². The molecule has 0 unspecified atom stereocenters. The van der Waals surface area contributed by atoms with Crippen LogP contribution in [0.2, 0.25) is 0 Å². The van der Waals surface area contributed by atoms with Crippen LogP contribution in [0.1, 0.15) is 21.6 Å². The number of carbonyl (C=O) groups excluding carboxylic acids is 1. The maximum Gasteiger partial charge on any atom is 0.254 e. The van der Waals surface area contributed by atoms with Crippen molar-refractivity contribution in [2.45, 2.75) is 13.0 Å². The third kappa shape index (κ3) is 5.10. The Balaban J connectivity index is 1.26. The zero-order valence-corrected chi connectivity index (χ0v) is 18.8. The van der Waals surface area contributed by atoms with E-state index in [2.05, 4.69) is 15.5 Å². The van der Waals surface area contributed by atoms with Gasteiger partial charge in [-0.1, -0.05) is 18.2 Å². The summed E-state index contributed by atoms with van der Waals surface area (Å²) in [6, 6.07) is 17.4. The largest absolute Gasteiger partial charge is 0.489 e. The Hall–Kier alpha value is -3.71. The van der Waals surface area contributed by atoms with E-state index in [-0.39, 0.29) is 17.6 Å². The highest BCUT2D eigenvalue weighted by Crippen LogP contribution is 2.21. The Morgan fingerprint density at radius 2 is 2.00 bits per heavy atom. The maximum absolute atomic E-state index is 13.3. The standard InChI is InChI=1S/C27H26FN3O3/c28-23-8-6-20(7-9-23)19-34-24-4-1-3-22(16-24)27(32)31-13-14-33-18-21(17-31)15-25-26-5-2-11-30(26)12-10-29-25/h1-12,16,21H,13-15,17-19H2/t21-/m0/s1. The number of carbonyl (C=O) groups is 1. The van der Waals surface area contributed by atoms with Crippen molar-refractivity contribution in [1.82, 2.24) is 14.3 Å². The van der Waals surface area contributed by atoms with Crippen LogP contribution in [0.25, 0.3) is 5.52 Å². The molecule has 5 rings (SSSR count). The first-order chi connectivity index (χ1) is 16.7. The van der Waals surface area contributed by atoms with E-state index < -0.39 is 0 Å². The molecule has 0 radical (unpaired) electrons. The lowest BCUT2D eigenvalue weighted by molar-refractivity contribution is 0.0736.